The molecule has 110 valence electrons. The number of rotatable bonds is 5. The van der Waals surface area contributed by atoms with Gasteiger partial charge >= 0.3 is 0 Å². The molecule has 1 saturated carbocycles. The van der Waals surface area contributed by atoms with Crippen molar-refractivity contribution < 1.29 is 9.53 Å². The first kappa shape index (κ1) is 13.6. The number of hydrogen-bond donors (Lipinski definition) is 3. The van der Waals surface area contributed by atoms with Gasteiger partial charge in [0, 0.05) is 25.1 Å². The highest BCUT2D eigenvalue weighted by Crippen LogP contribution is 2.29. The first-order valence-electron chi connectivity index (χ1n) is 7.11. The maximum Gasteiger partial charge on any atom is 0.265 e. The largest absolute Gasteiger partial charge is 0.382 e. The molecular formula is C13H20N4O2S. The summed E-state index contributed by atoms with van der Waals surface area (Å²) >= 11 is 1.34. The van der Waals surface area contributed by atoms with Crippen LogP contribution in [-0.4, -0.2) is 36.7 Å². The van der Waals surface area contributed by atoms with Crippen LogP contribution >= 0.6 is 11.3 Å². The number of ether oxygens (including phenoxy) is 1. The van der Waals surface area contributed by atoms with Crippen LogP contribution in [0.15, 0.2) is 0 Å². The van der Waals surface area contributed by atoms with Crippen molar-refractivity contribution >= 4 is 28.2 Å². The summed E-state index contributed by atoms with van der Waals surface area (Å²) in [7, 11) is 0. The average molecular weight is 296 g/mol. The Morgan fingerprint density at radius 2 is 2.30 bits per heavy atom. The lowest BCUT2D eigenvalue weighted by atomic mass is 9.93. The molecule has 7 heteroatoms. The van der Waals surface area contributed by atoms with E-state index in [0.717, 1.165) is 24.8 Å². The molecule has 1 aromatic heterocycles. The van der Waals surface area contributed by atoms with Crippen LogP contribution in [0, 0.1) is 5.92 Å². The van der Waals surface area contributed by atoms with Gasteiger partial charge in [0.25, 0.3) is 5.91 Å². The van der Waals surface area contributed by atoms with Gasteiger partial charge in [-0.15, -0.1) is 0 Å². The number of carbonyl (C=O) groups excluding carboxylic acids is 1. The second kappa shape index (κ2) is 5.97. The second-order valence-corrected chi connectivity index (χ2v) is 6.44. The zero-order chi connectivity index (χ0) is 13.9. The van der Waals surface area contributed by atoms with Gasteiger partial charge in [-0.1, -0.05) is 11.3 Å². The number of anilines is 2. The predicted molar refractivity (Wildman–Crippen MR) is 79.0 cm³/mol. The SMILES string of the molecule is Nc1nc(NC2CCC2)sc1C(=O)NCC1CCOC1. The number of nitrogens with one attached hydrogen (secondary N) is 2. The Hall–Kier alpha value is -1.34. The van der Waals surface area contributed by atoms with Gasteiger partial charge in [0.15, 0.2) is 5.13 Å². The highest BCUT2D eigenvalue weighted by molar-refractivity contribution is 7.18. The number of amides is 1. The summed E-state index contributed by atoms with van der Waals surface area (Å²) in [5.74, 6) is 0.603. The zero-order valence-electron chi connectivity index (χ0n) is 11.4. The minimum absolute atomic E-state index is 0.131. The Kier molecular flexibility index (Phi) is 4.07. The quantitative estimate of drug-likeness (QED) is 0.765. The molecule has 2 fully saturated rings. The molecule has 0 aromatic carbocycles. The smallest absolute Gasteiger partial charge is 0.265 e. The van der Waals surface area contributed by atoms with Crippen molar-refractivity contribution in [3.05, 3.63) is 4.88 Å². The molecule has 1 atom stereocenters. The zero-order valence-corrected chi connectivity index (χ0v) is 12.2. The molecule has 4 N–H and O–H groups in total. The number of thiazole rings is 1. The van der Waals surface area contributed by atoms with Crippen LogP contribution in [0.3, 0.4) is 0 Å². The standard InChI is InChI=1S/C13H20N4O2S/c14-11-10(12(18)15-6-8-4-5-19-7-8)20-13(17-11)16-9-2-1-3-9/h8-9H,1-7,14H2,(H,15,18)(H,16,17). The highest BCUT2D eigenvalue weighted by Gasteiger charge is 2.22. The number of nitrogens with two attached hydrogens (primary N) is 1. The van der Waals surface area contributed by atoms with E-state index in [4.69, 9.17) is 10.5 Å². The van der Waals surface area contributed by atoms with E-state index in [-0.39, 0.29) is 5.91 Å². The van der Waals surface area contributed by atoms with Crippen LogP contribution in [-0.2, 0) is 4.74 Å². The van der Waals surface area contributed by atoms with Gasteiger partial charge in [-0.3, -0.25) is 4.79 Å². The summed E-state index contributed by atoms with van der Waals surface area (Å²) in [6.07, 6.45) is 4.60. The van der Waals surface area contributed by atoms with E-state index in [1.54, 1.807) is 0 Å². The Morgan fingerprint density at radius 1 is 1.45 bits per heavy atom. The van der Waals surface area contributed by atoms with Crippen molar-refractivity contribution in [3.8, 4) is 0 Å². The lowest BCUT2D eigenvalue weighted by molar-refractivity contribution is 0.0949. The maximum absolute atomic E-state index is 12.1. The maximum atomic E-state index is 12.1. The van der Waals surface area contributed by atoms with Crippen molar-refractivity contribution in [1.82, 2.24) is 10.3 Å². The Balaban J connectivity index is 1.55. The van der Waals surface area contributed by atoms with Gasteiger partial charge in [-0.05, 0) is 25.7 Å². The van der Waals surface area contributed by atoms with Crippen LogP contribution in [0.2, 0.25) is 0 Å². The molecule has 2 aliphatic rings. The molecule has 20 heavy (non-hydrogen) atoms. The monoisotopic (exact) mass is 296 g/mol. The molecule has 1 aromatic rings. The van der Waals surface area contributed by atoms with E-state index in [2.05, 4.69) is 15.6 Å². The van der Waals surface area contributed by atoms with Crippen molar-refractivity contribution in [3.63, 3.8) is 0 Å². The fourth-order valence-corrected chi connectivity index (χ4v) is 3.22. The van der Waals surface area contributed by atoms with Gasteiger partial charge in [-0.25, -0.2) is 4.98 Å². The van der Waals surface area contributed by atoms with Gasteiger partial charge in [-0.2, -0.15) is 0 Å². The minimum Gasteiger partial charge on any atom is -0.382 e. The molecule has 0 spiro atoms. The first-order chi connectivity index (χ1) is 9.72. The van der Waals surface area contributed by atoms with Crippen molar-refractivity contribution in [1.29, 1.82) is 0 Å². The minimum atomic E-state index is -0.131. The lowest BCUT2D eigenvalue weighted by Crippen LogP contribution is -2.29. The summed E-state index contributed by atoms with van der Waals surface area (Å²) in [4.78, 5) is 16.9. The van der Waals surface area contributed by atoms with E-state index in [1.165, 1.54) is 30.6 Å². The second-order valence-electron chi connectivity index (χ2n) is 5.45. The topological polar surface area (TPSA) is 89.3 Å². The molecular weight excluding hydrogens is 276 g/mol. The summed E-state index contributed by atoms with van der Waals surface area (Å²) in [5, 5.41) is 6.99. The first-order valence-corrected chi connectivity index (χ1v) is 7.93. The number of aromatic nitrogens is 1. The molecule has 1 saturated heterocycles. The summed E-state index contributed by atoms with van der Waals surface area (Å²) in [6.45, 7) is 2.16. The predicted octanol–water partition coefficient (Wildman–Crippen LogP) is 1.46. The Morgan fingerprint density at radius 3 is 2.95 bits per heavy atom. The fraction of sp³-hybridized carbons (Fsp3) is 0.692. The highest BCUT2D eigenvalue weighted by atomic mass is 32.1. The van der Waals surface area contributed by atoms with Crippen molar-refractivity contribution in [2.75, 3.05) is 30.8 Å². The third-order valence-corrected chi connectivity index (χ3v) is 4.87. The molecule has 1 aliphatic carbocycles. The average Bonchev–Trinajstić information content (AvgIpc) is 3.00. The molecule has 1 aliphatic heterocycles. The van der Waals surface area contributed by atoms with Crippen LogP contribution < -0.4 is 16.4 Å². The van der Waals surface area contributed by atoms with Crippen LogP contribution in [0.25, 0.3) is 0 Å². The Labute approximate surface area is 122 Å². The van der Waals surface area contributed by atoms with E-state index < -0.39 is 0 Å². The third kappa shape index (κ3) is 3.04. The number of carbonyl (C=O) groups is 1. The molecule has 0 radical (unpaired) electrons. The van der Waals surface area contributed by atoms with Gasteiger partial charge in [0.05, 0.1) is 6.61 Å². The van der Waals surface area contributed by atoms with Crippen LogP contribution in [0.5, 0.6) is 0 Å². The van der Waals surface area contributed by atoms with E-state index >= 15 is 0 Å². The molecule has 1 unspecified atom stereocenters. The third-order valence-electron chi connectivity index (χ3n) is 3.87. The van der Waals surface area contributed by atoms with E-state index in [0.29, 0.717) is 29.2 Å². The van der Waals surface area contributed by atoms with E-state index in [9.17, 15) is 4.79 Å². The summed E-state index contributed by atoms with van der Waals surface area (Å²) in [6, 6.07) is 0.493. The number of nitrogens with zero attached hydrogens (tertiary/aromatic N) is 1. The molecule has 1 amide bonds. The number of nitrogen functional groups attached to an aromatic ring is 1. The van der Waals surface area contributed by atoms with E-state index in [1.807, 2.05) is 0 Å². The van der Waals surface area contributed by atoms with Crippen LogP contribution in [0.1, 0.15) is 35.4 Å². The van der Waals surface area contributed by atoms with Gasteiger partial charge in [0.2, 0.25) is 0 Å². The van der Waals surface area contributed by atoms with Gasteiger partial charge < -0.3 is 21.1 Å². The fourth-order valence-electron chi connectivity index (χ4n) is 2.35. The molecule has 2 heterocycles. The molecule has 0 bridgehead atoms. The van der Waals surface area contributed by atoms with Gasteiger partial charge in [0.1, 0.15) is 10.7 Å². The Bertz CT molecular complexity index is 481. The molecule has 6 nitrogen and oxygen atoms in total. The van der Waals surface area contributed by atoms with Crippen LogP contribution in [0.4, 0.5) is 10.9 Å². The number of hydrogen-bond acceptors (Lipinski definition) is 6. The van der Waals surface area contributed by atoms with Crippen molar-refractivity contribution in [2.24, 2.45) is 5.92 Å². The molecule has 3 rings (SSSR count). The lowest BCUT2D eigenvalue weighted by Gasteiger charge is -2.25. The summed E-state index contributed by atoms with van der Waals surface area (Å²) in [5.41, 5.74) is 5.83. The normalized spacial score (nSPS) is 22.5. The van der Waals surface area contributed by atoms with Crippen molar-refractivity contribution in [2.45, 2.75) is 31.7 Å². The summed E-state index contributed by atoms with van der Waals surface area (Å²) < 4.78 is 5.29.